The minimum Gasteiger partial charge on any atom is -0.394 e. The summed E-state index contributed by atoms with van der Waals surface area (Å²) in [4.78, 5) is 12.6. The van der Waals surface area contributed by atoms with Crippen molar-refractivity contribution in [2.45, 2.75) is 386 Å². The predicted octanol–water partition coefficient (Wildman–Crippen LogP) is 25.2. The molecule has 0 rings (SSSR count). The molecule has 4 nitrogen and oxygen atoms in total. The van der Waals surface area contributed by atoms with Crippen molar-refractivity contribution in [1.82, 2.24) is 5.32 Å². The van der Waals surface area contributed by atoms with Crippen LogP contribution in [0.3, 0.4) is 0 Å². The Morgan fingerprint density at radius 1 is 0.305 bits per heavy atom. The van der Waals surface area contributed by atoms with Crippen molar-refractivity contribution in [2.24, 2.45) is 0 Å². The molecule has 0 fully saturated rings. The fraction of sp³-hybridized carbons (Fsp3) is 0.782. The van der Waals surface area contributed by atoms with Crippen LogP contribution in [0.2, 0.25) is 0 Å². The minimum atomic E-state index is -0.844. The van der Waals surface area contributed by atoms with Crippen LogP contribution in [-0.2, 0) is 4.79 Å². The van der Waals surface area contributed by atoms with Gasteiger partial charge in [-0.25, -0.2) is 0 Å². The molecule has 1 amide bonds. The number of aliphatic hydroxyl groups is 2. The highest BCUT2D eigenvalue weighted by molar-refractivity contribution is 5.76. The van der Waals surface area contributed by atoms with E-state index in [1.807, 2.05) is 6.08 Å². The van der Waals surface area contributed by atoms with Gasteiger partial charge in [0.2, 0.25) is 5.91 Å². The molecule has 3 N–H and O–H groups in total. The fourth-order valence-electron chi connectivity index (χ4n) is 11.1. The first kappa shape index (κ1) is 79.3. The summed E-state index contributed by atoms with van der Waals surface area (Å²) in [5.74, 6) is -0.0594. The second-order valence-corrected chi connectivity index (χ2v) is 24.6. The van der Waals surface area contributed by atoms with Crippen molar-refractivity contribution in [3.63, 3.8) is 0 Å². The molecule has 4 heteroatoms. The van der Waals surface area contributed by atoms with Crippen LogP contribution in [0, 0.1) is 0 Å². The molecule has 0 saturated heterocycles. The summed E-state index contributed by atoms with van der Waals surface area (Å²) in [6, 6.07) is -0.627. The van der Waals surface area contributed by atoms with Gasteiger partial charge in [0.05, 0.1) is 18.8 Å². The first-order valence-electron chi connectivity index (χ1n) is 36.5. The summed E-state index contributed by atoms with van der Waals surface area (Å²) in [6.45, 7) is 4.23. The first-order valence-corrected chi connectivity index (χ1v) is 36.5. The Balaban J connectivity index is 3.46. The van der Waals surface area contributed by atoms with Crippen molar-refractivity contribution in [1.29, 1.82) is 0 Å². The van der Waals surface area contributed by atoms with Gasteiger partial charge in [0.25, 0.3) is 0 Å². The number of hydrogen-bond donors (Lipinski definition) is 3. The number of allylic oxidation sites excluding steroid dienone is 15. The number of hydrogen-bond acceptors (Lipinski definition) is 3. The van der Waals surface area contributed by atoms with Gasteiger partial charge in [-0.3, -0.25) is 4.79 Å². The summed E-state index contributed by atoms with van der Waals surface area (Å²) in [5.41, 5.74) is 0. The van der Waals surface area contributed by atoms with Crippen LogP contribution in [0.25, 0.3) is 0 Å². The standard InChI is InChI=1S/C78H141NO3/c1-3-5-7-9-11-13-15-17-19-21-23-25-27-29-31-33-34-35-36-37-38-39-40-41-42-43-44-46-48-50-52-54-56-58-60-62-64-66-68-70-72-74-78(82)79-76(75-80)77(81)73-71-69-67-65-63-61-59-57-55-53-51-49-47-45-32-30-28-26-24-22-20-18-16-14-12-10-8-6-4-2/h5,7,11,13,17,19,23,25,29,31,34-35,37-38,71,73,76-77,80-81H,3-4,6,8-10,12,14-16,18,20-22,24,26-28,30,32-33,36,39-70,72,74-75H2,1-2H3,(H,79,82)/b7-5-,13-11-,19-17-,25-23-,31-29-,35-34-,38-37-,73-71+. The normalized spacial score (nSPS) is 13.3. The zero-order valence-electron chi connectivity index (χ0n) is 55.0. The van der Waals surface area contributed by atoms with Gasteiger partial charge in [0.15, 0.2) is 0 Å². The van der Waals surface area contributed by atoms with E-state index in [1.54, 1.807) is 6.08 Å². The van der Waals surface area contributed by atoms with Gasteiger partial charge in [-0.1, -0.05) is 387 Å². The monoisotopic (exact) mass is 1140 g/mol. The third-order valence-corrected chi connectivity index (χ3v) is 16.6. The summed E-state index contributed by atoms with van der Waals surface area (Å²) in [7, 11) is 0. The van der Waals surface area contributed by atoms with Crippen LogP contribution < -0.4 is 5.32 Å². The summed E-state index contributed by atoms with van der Waals surface area (Å²) in [6.07, 6.45) is 108. The quantitative estimate of drug-likeness (QED) is 0.0420. The van der Waals surface area contributed by atoms with Gasteiger partial charge < -0.3 is 15.5 Å². The van der Waals surface area contributed by atoms with E-state index < -0.39 is 12.1 Å². The molecule has 0 aliphatic carbocycles. The number of amides is 1. The van der Waals surface area contributed by atoms with E-state index in [-0.39, 0.29) is 12.5 Å². The number of carbonyl (C=O) groups is 1. The molecule has 0 aliphatic rings. The number of unbranched alkanes of at least 4 members (excludes halogenated alkanes) is 46. The summed E-state index contributed by atoms with van der Waals surface area (Å²) < 4.78 is 0. The number of carbonyl (C=O) groups excluding carboxylic acids is 1. The van der Waals surface area contributed by atoms with Gasteiger partial charge in [-0.2, -0.15) is 0 Å². The highest BCUT2D eigenvalue weighted by Gasteiger charge is 2.18. The van der Waals surface area contributed by atoms with Gasteiger partial charge >= 0.3 is 0 Å². The van der Waals surface area contributed by atoms with Crippen LogP contribution in [0.5, 0.6) is 0 Å². The average Bonchev–Trinajstić information content (AvgIpc) is 3.50. The van der Waals surface area contributed by atoms with Crippen LogP contribution in [0.4, 0.5) is 0 Å². The second kappa shape index (κ2) is 72.6. The summed E-state index contributed by atoms with van der Waals surface area (Å²) in [5, 5.41) is 23.3. The molecular weight excluding hydrogens is 999 g/mol. The first-order chi connectivity index (χ1) is 40.7. The Labute approximate surface area is 513 Å². The zero-order chi connectivity index (χ0) is 59.1. The molecule has 476 valence electrons. The molecule has 0 aromatic heterocycles. The molecule has 0 aliphatic heterocycles. The van der Waals surface area contributed by atoms with Crippen molar-refractivity contribution in [3.8, 4) is 0 Å². The van der Waals surface area contributed by atoms with Crippen molar-refractivity contribution in [3.05, 3.63) is 97.2 Å². The molecule has 0 aromatic rings. The number of nitrogens with one attached hydrogen (secondary N) is 1. The maximum Gasteiger partial charge on any atom is 0.220 e. The second-order valence-electron chi connectivity index (χ2n) is 24.6. The lowest BCUT2D eigenvalue weighted by Gasteiger charge is -2.20. The molecule has 0 aromatic carbocycles. The lowest BCUT2D eigenvalue weighted by molar-refractivity contribution is -0.123. The Morgan fingerprint density at radius 2 is 0.537 bits per heavy atom. The van der Waals surface area contributed by atoms with Gasteiger partial charge in [-0.05, 0) is 77.0 Å². The average molecular weight is 1140 g/mol. The molecule has 0 saturated carbocycles. The smallest absolute Gasteiger partial charge is 0.220 e. The number of aliphatic hydroxyl groups excluding tert-OH is 2. The lowest BCUT2D eigenvalue weighted by atomic mass is 10.0. The summed E-state index contributed by atoms with van der Waals surface area (Å²) >= 11 is 0. The maximum absolute atomic E-state index is 12.6. The minimum absolute atomic E-state index is 0.0594. The molecule has 0 bridgehead atoms. The number of rotatable bonds is 67. The van der Waals surface area contributed by atoms with E-state index in [0.29, 0.717) is 6.42 Å². The molecule has 2 atom stereocenters. The van der Waals surface area contributed by atoms with E-state index in [9.17, 15) is 15.0 Å². The third kappa shape index (κ3) is 68.1. The van der Waals surface area contributed by atoms with Gasteiger partial charge in [-0.15, -0.1) is 0 Å². The van der Waals surface area contributed by atoms with E-state index in [4.69, 9.17) is 0 Å². The highest BCUT2D eigenvalue weighted by atomic mass is 16.3. The topological polar surface area (TPSA) is 69.6 Å². The van der Waals surface area contributed by atoms with E-state index in [1.165, 1.54) is 283 Å². The largest absolute Gasteiger partial charge is 0.394 e. The lowest BCUT2D eigenvalue weighted by Crippen LogP contribution is -2.45. The Bertz CT molecular complexity index is 1480. The van der Waals surface area contributed by atoms with Crippen LogP contribution in [0.15, 0.2) is 97.2 Å². The third-order valence-electron chi connectivity index (χ3n) is 16.6. The predicted molar refractivity (Wildman–Crippen MR) is 368 cm³/mol. The van der Waals surface area contributed by atoms with E-state index in [0.717, 1.165) is 70.6 Å². The van der Waals surface area contributed by atoms with E-state index >= 15 is 0 Å². The fourth-order valence-corrected chi connectivity index (χ4v) is 11.1. The Kier molecular flexibility index (Phi) is 70.2. The zero-order valence-corrected chi connectivity index (χ0v) is 55.0. The molecule has 82 heavy (non-hydrogen) atoms. The van der Waals surface area contributed by atoms with Crippen LogP contribution >= 0.6 is 0 Å². The van der Waals surface area contributed by atoms with Crippen molar-refractivity contribution in [2.75, 3.05) is 6.61 Å². The molecule has 2 unspecified atom stereocenters. The Hall–Kier alpha value is -2.69. The van der Waals surface area contributed by atoms with Crippen molar-refractivity contribution < 1.29 is 15.0 Å². The van der Waals surface area contributed by atoms with Gasteiger partial charge in [0.1, 0.15) is 0 Å². The molecule has 0 radical (unpaired) electrons. The van der Waals surface area contributed by atoms with Crippen LogP contribution in [-0.4, -0.2) is 34.9 Å². The van der Waals surface area contributed by atoms with Crippen molar-refractivity contribution >= 4 is 5.91 Å². The van der Waals surface area contributed by atoms with E-state index in [2.05, 4.69) is 104 Å². The molecular formula is C78H141NO3. The Morgan fingerprint density at radius 3 is 0.805 bits per heavy atom. The van der Waals surface area contributed by atoms with Gasteiger partial charge in [0, 0.05) is 6.42 Å². The van der Waals surface area contributed by atoms with Crippen LogP contribution in [0.1, 0.15) is 373 Å². The SMILES string of the molecule is CC/C=C\C/C=C\C/C=C\C/C=C\C/C=C\C/C=C\C/C=C\CCCCCCCCCCCCCCCCCCCCCC(=O)NC(CO)C(O)/C=C/CCCCCCCCCCCCCCCCCCCCCCCCCCCCC. The maximum atomic E-state index is 12.6. The molecule has 0 spiro atoms. The molecule has 0 heterocycles. The highest BCUT2D eigenvalue weighted by Crippen LogP contribution is 2.19.